The Hall–Kier alpha value is -1.81. The number of nitrogens with one attached hydrogen (secondary N) is 1. The van der Waals surface area contributed by atoms with Crippen molar-refractivity contribution in [3.05, 3.63) is 35.5 Å². The molecule has 2 rings (SSSR count). The van der Waals surface area contributed by atoms with Crippen molar-refractivity contribution in [2.24, 2.45) is 5.92 Å². The van der Waals surface area contributed by atoms with E-state index in [9.17, 15) is 0 Å². The van der Waals surface area contributed by atoms with Crippen LogP contribution in [0.2, 0.25) is 0 Å². The lowest BCUT2D eigenvalue weighted by molar-refractivity contribution is 0.289. The Morgan fingerprint density at radius 2 is 1.95 bits per heavy atom. The molecule has 2 aromatic rings. The monoisotopic (exact) mass is 302 g/mol. The first-order valence-electron chi connectivity index (χ1n) is 8.01. The van der Waals surface area contributed by atoms with Gasteiger partial charge in [0.2, 0.25) is 0 Å². The summed E-state index contributed by atoms with van der Waals surface area (Å²) in [5.74, 6) is 2.39. The summed E-state index contributed by atoms with van der Waals surface area (Å²) in [6.45, 7) is 10.9. The first-order chi connectivity index (χ1) is 10.6. The van der Waals surface area contributed by atoms with Crippen LogP contribution in [-0.4, -0.2) is 18.3 Å². The lowest BCUT2D eigenvalue weighted by Crippen LogP contribution is -2.12. The molecule has 0 saturated heterocycles. The van der Waals surface area contributed by atoms with E-state index in [0.717, 1.165) is 54.4 Å². The highest BCUT2D eigenvalue weighted by atomic mass is 16.5. The number of ether oxygens (including phenoxy) is 1. The van der Waals surface area contributed by atoms with Crippen molar-refractivity contribution in [3.8, 4) is 17.1 Å². The maximum Gasteiger partial charge on any atom is 0.170 e. The highest BCUT2D eigenvalue weighted by Crippen LogP contribution is 2.27. The molecule has 0 bridgehead atoms. The van der Waals surface area contributed by atoms with Crippen LogP contribution in [0.3, 0.4) is 0 Å². The van der Waals surface area contributed by atoms with Crippen LogP contribution < -0.4 is 10.1 Å². The highest BCUT2D eigenvalue weighted by Gasteiger charge is 2.13. The van der Waals surface area contributed by atoms with Gasteiger partial charge in [0.1, 0.15) is 11.4 Å². The van der Waals surface area contributed by atoms with E-state index in [2.05, 4.69) is 31.2 Å². The molecule has 0 atom stereocenters. The Bertz CT molecular complexity index is 573. The molecule has 0 aliphatic carbocycles. The van der Waals surface area contributed by atoms with Gasteiger partial charge in [0.15, 0.2) is 5.76 Å². The number of hydrogen-bond acceptors (Lipinski definition) is 4. The number of nitrogens with zero attached hydrogens (tertiary/aromatic N) is 1. The lowest BCUT2D eigenvalue weighted by Gasteiger charge is -2.08. The molecule has 0 fully saturated rings. The quantitative estimate of drug-likeness (QED) is 0.794. The summed E-state index contributed by atoms with van der Waals surface area (Å²) in [6.07, 6.45) is 1.07. The number of aromatic nitrogens is 1. The van der Waals surface area contributed by atoms with Gasteiger partial charge in [-0.05, 0) is 50.1 Å². The Balaban J connectivity index is 2.02. The van der Waals surface area contributed by atoms with E-state index in [1.807, 2.05) is 31.2 Å². The summed E-state index contributed by atoms with van der Waals surface area (Å²) in [7, 11) is 0. The third-order valence-electron chi connectivity index (χ3n) is 3.64. The zero-order valence-corrected chi connectivity index (χ0v) is 14.0. The normalized spacial score (nSPS) is 11.1. The van der Waals surface area contributed by atoms with Crippen molar-refractivity contribution in [2.75, 3.05) is 13.2 Å². The molecule has 0 aliphatic heterocycles. The van der Waals surface area contributed by atoms with Gasteiger partial charge in [-0.25, -0.2) is 0 Å². The second-order valence-corrected chi connectivity index (χ2v) is 5.92. The lowest BCUT2D eigenvalue weighted by atomic mass is 10.1. The predicted molar refractivity (Wildman–Crippen MR) is 89.0 cm³/mol. The van der Waals surface area contributed by atoms with Crippen LogP contribution in [0.5, 0.6) is 5.75 Å². The maximum atomic E-state index is 5.74. The van der Waals surface area contributed by atoms with E-state index < -0.39 is 0 Å². The van der Waals surface area contributed by atoms with Gasteiger partial charge in [-0.15, -0.1) is 0 Å². The zero-order chi connectivity index (χ0) is 15.9. The molecule has 4 nitrogen and oxygen atoms in total. The van der Waals surface area contributed by atoms with Gasteiger partial charge in [0.05, 0.1) is 6.61 Å². The molecule has 0 amide bonds. The van der Waals surface area contributed by atoms with Crippen LogP contribution >= 0.6 is 0 Å². The molecule has 1 aromatic heterocycles. The molecule has 0 radical (unpaired) electrons. The fraction of sp³-hybridized carbons (Fsp3) is 0.500. The smallest absolute Gasteiger partial charge is 0.170 e. The Labute approximate surface area is 132 Å². The van der Waals surface area contributed by atoms with Crippen LogP contribution in [0.4, 0.5) is 0 Å². The van der Waals surface area contributed by atoms with Crippen molar-refractivity contribution in [2.45, 2.75) is 40.7 Å². The fourth-order valence-corrected chi connectivity index (χ4v) is 2.16. The van der Waals surface area contributed by atoms with Crippen molar-refractivity contribution in [1.82, 2.24) is 10.5 Å². The van der Waals surface area contributed by atoms with E-state index in [4.69, 9.17) is 9.26 Å². The third kappa shape index (κ3) is 4.34. The summed E-state index contributed by atoms with van der Waals surface area (Å²) < 4.78 is 11.2. The van der Waals surface area contributed by atoms with E-state index in [1.54, 1.807) is 0 Å². The second kappa shape index (κ2) is 7.99. The molecule has 0 spiro atoms. The third-order valence-corrected chi connectivity index (χ3v) is 3.64. The van der Waals surface area contributed by atoms with Crippen molar-refractivity contribution < 1.29 is 9.26 Å². The first kappa shape index (κ1) is 16.6. The Morgan fingerprint density at radius 1 is 1.23 bits per heavy atom. The minimum Gasteiger partial charge on any atom is -0.494 e. The molecule has 1 N–H and O–H groups in total. The highest BCUT2D eigenvalue weighted by molar-refractivity contribution is 5.62. The van der Waals surface area contributed by atoms with Crippen LogP contribution in [0.15, 0.2) is 28.8 Å². The van der Waals surface area contributed by atoms with Crippen LogP contribution in [0, 0.1) is 12.8 Å². The van der Waals surface area contributed by atoms with Gasteiger partial charge in [-0.3, -0.25) is 0 Å². The molecular weight excluding hydrogens is 276 g/mol. The van der Waals surface area contributed by atoms with Gasteiger partial charge in [-0.1, -0.05) is 25.9 Å². The standard InChI is InChI=1S/C18H26N2O2/c1-5-19-12-17-14(4)18(22-20-17)15-6-8-16(9-7-15)21-11-10-13(2)3/h6-9,13,19H,5,10-12H2,1-4H3. The Kier molecular flexibility index (Phi) is 6.01. The first-order valence-corrected chi connectivity index (χ1v) is 8.01. The summed E-state index contributed by atoms with van der Waals surface area (Å²) in [5, 5.41) is 7.42. The van der Waals surface area contributed by atoms with Crippen LogP contribution in [0.1, 0.15) is 38.4 Å². The van der Waals surface area contributed by atoms with E-state index in [0.29, 0.717) is 5.92 Å². The van der Waals surface area contributed by atoms with E-state index in [-0.39, 0.29) is 0 Å². The summed E-state index contributed by atoms with van der Waals surface area (Å²) in [4.78, 5) is 0. The Morgan fingerprint density at radius 3 is 2.59 bits per heavy atom. The zero-order valence-electron chi connectivity index (χ0n) is 14.0. The fourth-order valence-electron chi connectivity index (χ4n) is 2.16. The van der Waals surface area contributed by atoms with E-state index in [1.165, 1.54) is 0 Å². The van der Waals surface area contributed by atoms with Crippen molar-refractivity contribution >= 4 is 0 Å². The summed E-state index contributed by atoms with van der Waals surface area (Å²) >= 11 is 0. The predicted octanol–water partition coefficient (Wildman–Crippen LogP) is 4.18. The maximum absolute atomic E-state index is 5.74. The molecule has 22 heavy (non-hydrogen) atoms. The molecule has 4 heteroatoms. The van der Waals surface area contributed by atoms with Gasteiger partial charge in [0.25, 0.3) is 0 Å². The van der Waals surface area contributed by atoms with Gasteiger partial charge in [0, 0.05) is 17.7 Å². The molecule has 1 aromatic carbocycles. The van der Waals surface area contributed by atoms with Gasteiger partial charge in [-0.2, -0.15) is 0 Å². The largest absolute Gasteiger partial charge is 0.494 e. The molecule has 0 saturated carbocycles. The SMILES string of the molecule is CCNCc1noc(-c2ccc(OCCC(C)C)cc2)c1C. The molecule has 1 heterocycles. The minimum atomic E-state index is 0.659. The average Bonchev–Trinajstić information content (AvgIpc) is 2.86. The number of hydrogen-bond donors (Lipinski definition) is 1. The van der Waals surface area contributed by atoms with E-state index >= 15 is 0 Å². The summed E-state index contributed by atoms with van der Waals surface area (Å²) in [6, 6.07) is 8.02. The second-order valence-electron chi connectivity index (χ2n) is 5.92. The summed E-state index contributed by atoms with van der Waals surface area (Å²) in [5.41, 5.74) is 3.09. The topological polar surface area (TPSA) is 47.3 Å². The number of benzene rings is 1. The molecular formula is C18H26N2O2. The van der Waals surface area contributed by atoms with Crippen LogP contribution in [-0.2, 0) is 6.54 Å². The van der Waals surface area contributed by atoms with Gasteiger partial charge < -0.3 is 14.6 Å². The van der Waals surface area contributed by atoms with Crippen molar-refractivity contribution in [3.63, 3.8) is 0 Å². The molecule has 0 unspecified atom stereocenters. The molecule has 120 valence electrons. The minimum absolute atomic E-state index is 0.659. The number of rotatable bonds is 8. The van der Waals surface area contributed by atoms with Crippen molar-refractivity contribution in [1.29, 1.82) is 0 Å². The van der Waals surface area contributed by atoms with Gasteiger partial charge >= 0.3 is 0 Å². The molecule has 0 aliphatic rings. The average molecular weight is 302 g/mol. The van der Waals surface area contributed by atoms with Crippen LogP contribution in [0.25, 0.3) is 11.3 Å².